The van der Waals surface area contributed by atoms with Crippen LogP contribution in [0.4, 0.5) is 0 Å². The summed E-state index contributed by atoms with van der Waals surface area (Å²) in [6.07, 6.45) is 7.31. The maximum absolute atomic E-state index is 12.6. The summed E-state index contributed by atoms with van der Waals surface area (Å²) in [5.74, 6) is 1.09. The Morgan fingerprint density at radius 2 is 1.85 bits per heavy atom. The number of amides is 2. The smallest absolute Gasteiger partial charge is 0.258 e. The van der Waals surface area contributed by atoms with Crippen LogP contribution < -0.4 is 10.1 Å². The van der Waals surface area contributed by atoms with Gasteiger partial charge in [-0.2, -0.15) is 0 Å². The zero-order chi connectivity index (χ0) is 19.2. The first-order valence-electron chi connectivity index (χ1n) is 10.00. The first kappa shape index (κ1) is 20.0. The fraction of sp³-hybridized carbons (Fsp3) is 0.619. The van der Waals surface area contributed by atoms with Crippen LogP contribution in [0.2, 0.25) is 5.02 Å². The summed E-state index contributed by atoms with van der Waals surface area (Å²) in [6, 6.07) is 5.46. The van der Waals surface area contributed by atoms with Gasteiger partial charge in [-0.05, 0) is 56.4 Å². The molecule has 27 heavy (non-hydrogen) atoms. The number of nitrogens with zero attached hydrogens (tertiary/aromatic N) is 1. The van der Waals surface area contributed by atoms with Crippen LogP contribution in [0.3, 0.4) is 0 Å². The predicted octanol–water partition coefficient (Wildman–Crippen LogP) is 3.71. The maximum Gasteiger partial charge on any atom is 0.258 e. The maximum atomic E-state index is 12.6. The number of benzene rings is 1. The number of nitrogens with one attached hydrogen (secondary N) is 1. The van der Waals surface area contributed by atoms with E-state index in [-0.39, 0.29) is 24.5 Å². The van der Waals surface area contributed by atoms with Crippen molar-refractivity contribution in [3.63, 3.8) is 0 Å². The Morgan fingerprint density at radius 1 is 1.15 bits per heavy atom. The zero-order valence-electron chi connectivity index (χ0n) is 16.0. The Hall–Kier alpha value is -1.75. The molecule has 2 fully saturated rings. The molecule has 1 aliphatic carbocycles. The lowest BCUT2D eigenvalue weighted by Gasteiger charge is -2.35. The molecule has 1 heterocycles. The second-order valence-electron chi connectivity index (χ2n) is 7.70. The summed E-state index contributed by atoms with van der Waals surface area (Å²) < 4.78 is 5.60. The third kappa shape index (κ3) is 5.61. The first-order chi connectivity index (χ1) is 13.0. The molecule has 2 aliphatic rings. The molecule has 1 aromatic rings. The van der Waals surface area contributed by atoms with E-state index in [2.05, 4.69) is 5.32 Å². The number of likely N-dealkylation sites (tertiary alicyclic amines) is 1. The summed E-state index contributed by atoms with van der Waals surface area (Å²) >= 11 is 5.93. The van der Waals surface area contributed by atoms with Gasteiger partial charge < -0.3 is 15.0 Å². The molecule has 5 nitrogen and oxygen atoms in total. The average molecular weight is 393 g/mol. The molecule has 2 amide bonds. The van der Waals surface area contributed by atoms with Gasteiger partial charge in [0.05, 0.1) is 0 Å². The predicted molar refractivity (Wildman–Crippen MR) is 106 cm³/mol. The van der Waals surface area contributed by atoms with E-state index < -0.39 is 0 Å². The number of halogens is 1. The second kappa shape index (κ2) is 9.45. The summed E-state index contributed by atoms with van der Waals surface area (Å²) in [7, 11) is 0. The fourth-order valence-electron chi connectivity index (χ4n) is 4.04. The van der Waals surface area contributed by atoms with Crippen LogP contribution in [0.15, 0.2) is 18.2 Å². The van der Waals surface area contributed by atoms with Crippen LogP contribution >= 0.6 is 11.6 Å². The highest BCUT2D eigenvalue weighted by Gasteiger charge is 2.29. The monoisotopic (exact) mass is 392 g/mol. The molecule has 0 bridgehead atoms. The van der Waals surface area contributed by atoms with Crippen molar-refractivity contribution in [2.75, 3.05) is 19.7 Å². The standard InChI is InChI=1S/C21H29ClN2O3/c1-15-13-17(22)7-8-19(15)27-14-20(25)23-18-9-11-24(12-10-18)21(26)16-5-3-2-4-6-16/h7-8,13,16,18H,2-6,9-12,14H2,1H3,(H,23,25). The van der Waals surface area contributed by atoms with Crippen molar-refractivity contribution in [2.45, 2.75) is 57.9 Å². The van der Waals surface area contributed by atoms with Gasteiger partial charge >= 0.3 is 0 Å². The molecule has 1 aromatic carbocycles. The summed E-state index contributed by atoms with van der Waals surface area (Å²) in [5.41, 5.74) is 0.907. The van der Waals surface area contributed by atoms with Crippen molar-refractivity contribution in [2.24, 2.45) is 5.92 Å². The van der Waals surface area contributed by atoms with E-state index >= 15 is 0 Å². The minimum atomic E-state index is -0.124. The number of ether oxygens (including phenoxy) is 1. The molecule has 1 saturated carbocycles. The van der Waals surface area contributed by atoms with Gasteiger partial charge in [0.1, 0.15) is 5.75 Å². The molecule has 0 atom stereocenters. The molecule has 0 spiro atoms. The molecule has 0 unspecified atom stereocenters. The summed E-state index contributed by atoms with van der Waals surface area (Å²) in [4.78, 5) is 26.8. The van der Waals surface area contributed by atoms with E-state index in [1.54, 1.807) is 12.1 Å². The lowest BCUT2D eigenvalue weighted by molar-refractivity contribution is -0.137. The highest BCUT2D eigenvalue weighted by molar-refractivity contribution is 6.30. The highest BCUT2D eigenvalue weighted by Crippen LogP contribution is 2.26. The van der Waals surface area contributed by atoms with Crippen molar-refractivity contribution in [3.05, 3.63) is 28.8 Å². The Labute approximate surface area is 166 Å². The molecule has 1 N–H and O–H groups in total. The van der Waals surface area contributed by atoms with Gasteiger partial charge in [-0.3, -0.25) is 9.59 Å². The molecule has 6 heteroatoms. The Bertz CT molecular complexity index is 665. The molecule has 3 rings (SSSR count). The number of hydrogen-bond donors (Lipinski definition) is 1. The third-order valence-electron chi connectivity index (χ3n) is 5.62. The molecule has 0 radical (unpaired) electrons. The van der Waals surface area contributed by atoms with Crippen molar-refractivity contribution >= 4 is 23.4 Å². The normalized spacial score (nSPS) is 19.0. The topological polar surface area (TPSA) is 58.6 Å². The largest absolute Gasteiger partial charge is 0.484 e. The van der Waals surface area contributed by atoms with Crippen LogP contribution in [0.1, 0.15) is 50.5 Å². The number of aryl methyl sites for hydroxylation is 1. The van der Waals surface area contributed by atoms with E-state index in [1.807, 2.05) is 17.9 Å². The minimum absolute atomic E-state index is 0.0102. The van der Waals surface area contributed by atoms with Crippen LogP contribution in [0.25, 0.3) is 0 Å². The first-order valence-corrected chi connectivity index (χ1v) is 10.4. The quantitative estimate of drug-likeness (QED) is 0.830. The number of piperidine rings is 1. The van der Waals surface area contributed by atoms with Crippen LogP contribution in [-0.4, -0.2) is 42.5 Å². The van der Waals surface area contributed by atoms with Crippen molar-refractivity contribution in [3.8, 4) is 5.75 Å². The van der Waals surface area contributed by atoms with Gasteiger partial charge in [0.25, 0.3) is 5.91 Å². The van der Waals surface area contributed by atoms with Gasteiger partial charge in [-0.15, -0.1) is 0 Å². The Balaban J connectivity index is 1.39. The zero-order valence-corrected chi connectivity index (χ0v) is 16.8. The number of carbonyl (C=O) groups is 2. The van der Waals surface area contributed by atoms with E-state index in [4.69, 9.17) is 16.3 Å². The van der Waals surface area contributed by atoms with E-state index in [0.717, 1.165) is 44.3 Å². The van der Waals surface area contributed by atoms with Gasteiger partial charge in [0.15, 0.2) is 6.61 Å². The molecule has 148 valence electrons. The molecule has 1 aliphatic heterocycles. The molecular formula is C21H29ClN2O3. The Morgan fingerprint density at radius 3 is 2.52 bits per heavy atom. The fourth-order valence-corrected chi connectivity index (χ4v) is 4.27. The van der Waals surface area contributed by atoms with Gasteiger partial charge in [-0.1, -0.05) is 30.9 Å². The second-order valence-corrected chi connectivity index (χ2v) is 8.14. The van der Waals surface area contributed by atoms with E-state index in [0.29, 0.717) is 16.7 Å². The third-order valence-corrected chi connectivity index (χ3v) is 5.86. The lowest BCUT2D eigenvalue weighted by Crippen LogP contribution is -2.49. The number of carbonyl (C=O) groups excluding carboxylic acids is 2. The summed E-state index contributed by atoms with van der Waals surface area (Å²) in [5, 5.41) is 3.68. The SMILES string of the molecule is Cc1cc(Cl)ccc1OCC(=O)NC1CCN(C(=O)C2CCCCC2)CC1. The van der Waals surface area contributed by atoms with Crippen molar-refractivity contribution in [1.29, 1.82) is 0 Å². The van der Waals surface area contributed by atoms with Crippen LogP contribution in [-0.2, 0) is 9.59 Å². The molecular weight excluding hydrogens is 364 g/mol. The summed E-state index contributed by atoms with van der Waals surface area (Å²) in [6.45, 7) is 3.36. The van der Waals surface area contributed by atoms with Crippen LogP contribution in [0.5, 0.6) is 5.75 Å². The molecule has 1 saturated heterocycles. The number of hydrogen-bond acceptors (Lipinski definition) is 3. The lowest BCUT2D eigenvalue weighted by atomic mass is 9.87. The van der Waals surface area contributed by atoms with Gasteiger partial charge in [0, 0.05) is 30.1 Å². The van der Waals surface area contributed by atoms with Gasteiger partial charge in [0.2, 0.25) is 5.91 Å². The van der Waals surface area contributed by atoms with E-state index in [1.165, 1.54) is 19.3 Å². The minimum Gasteiger partial charge on any atom is -0.484 e. The van der Waals surface area contributed by atoms with E-state index in [9.17, 15) is 9.59 Å². The van der Waals surface area contributed by atoms with Crippen molar-refractivity contribution in [1.82, 2.24) is 10.2 Å². The molecule has 0 aromatic heterocycles. The highest BCUT2D eigenvalue weighted by atomic mass is 35.5. The van der Waals surface area contributed by atoms with Crippen LogP contribution in [0, 0.1) is 12.8 Å². The Kier molecular flexibility index (Phi) is 7.00. The van der Waals surface area contributed by atoms with Crippen molar-refractivity contribution < 1.29 is 14.3 Å². The van der Waals surface area contributed by atoms with Gasteiger partial charge in [-0.25, -0.2) is 0 Å². The number of rotatable bonds is 5. The average Bonchev–Trinajstić information content (AvgIpc) is 2.68.